The third-order valence-corrected chi connectivity index (χ3v) is 5.58. The molecule has 0 spiro atoms. The van der Waals surface area contributed by atoms with Crippen molar-refractivity contribution >= 4 is 17.7 Å². The number of aromatic nitrogens is 2. The smallest absolute Gasteiger partial charge is 0.228 e. The van der Waals surface area contributed by atoms with E-state index in [4.69, 9.17) is 10.5 Å². The van der Waals surface area contributed by atoms with Crippen molar-refractivity contribution in [3.63, 3.8) is 0 Å². The van der Waals surface area contributed by atoms with Crippen molar-refractivity contribution in [3.05, 3.63) is 12.3 Å². The number of amides is 1. The number of carbonyl (C=O) groups is 1. The number of nitrogens with one attached hydrogen (secondary N) is 1. The van der Waals surface area contributed by atoms with Crippen molar-refractivity contribution in [2.45, 2.75) is 45.1 Å². The number of hydrogen-bond donors (Lipinski definition) is 2. The molecule has 7 heteroatoms. The van der Waals surface area contributed by atoms with Gasteiger partial charge < -0.3 is 20.7 Å². The highest BCUT2D eigenvalue weighted by Gasteiger charge is 2.46. The molecule has 1 aromatic heterocycles. The van der Waals surface area contributed by atoms with Crippen LogP contribution in [0.25, 0.3) is 0 Å². The lowest BCUT2D eigenvalue weighted by Crippen LogP contribution is -2.53. The number of hydrogen-bond acceptors (Lipinski definition) is 6. The molecule has 2 aliphatic rings. The summed E-state index contributed by atoms with van der Waals surface area (Å²) in [6, 6.07) is 1.81. The summed E-state index contributed by atoms with van der Waals surface area (Å²) in [7, 11) is 1.67. The van der Waals surface area contributed by atoms with Crippen LogP contribution >= 0.6 is 0 Å². The third-order valence-electron chi connectivity index (χ3n) is 5.58. The van der Waals surface area contributed by atoms with Gasteiger partial charge in [0.1, 0.15) is 5.82 Å². The second-order valence-corrected chi connectivity index (χ2v) is 7.38. The topological polar surface area (TPSA) is 93.4 Å². The number of nitrogen functional groups attached to an aromatic ring is 1. The van der Waals surface area contributed by atoms with Gasteiger partial charge in [-0.1, -0.05) is 19.8 Å². The molecule has 138 valence electrons. The molecule has 1 saturated carbocycles. The van der Waals surface area contributed by atoms with Gasteiger partial charge in [0, 0.05) is 26.4 Å². The normalized spacial score (nSPS) is 24.8. The van der Waals surface area contributed by atoms with E-state index in [0.717, 1.165) is 45.2 Å². The van der Waals surface area contributed by atoms with Crippen molar-refractivity contribution in [1.29, 1.82) is 0 Å². The minimum atomic E-state index is -0.327. The third kappa shape index (κ3) is 3.71. The SMILES string of the molecule is CCC[C@H]1CN(c2nccc(N)n2)C[C@@H]1NC(=O)C1(COC)CCC1. The van der Waals surface area contributed by atoms with Gasteiger partial charge in [-0.2, -0.15) is 4.98 Å². The highest BCUT2D eigenvalue weighted by Crippen LogP contribution is 2.41. The Kier molecular flexibility index (Phi) is 5.42. The van der Waals surface area contributed by atoms with Gasteiger partial charge in [-0.25, -0.2) is 4.98 Å². The molecule has 1 saturated heterocycles. The molecule has 2 heterocycles. The zero-order chi connectivity index (χ0) is 17.9. The number of carbonyl (C=O) groups excluding carboxylic acids is 1. The van der Waals surface area contributed by atoms with Crippen LogP contribution in [-0.4, -0.2) is 48.7 Å². The molecule has 1 aliphatic heterocycles. The van der Waals surface area contributed by atoms with E-state index in [1.165, 1.54) is 0 Å². The van der Waals surface area contributed by atoms with Gasteiger partial charge >= 0.3 is 0 Å². The summed E-state index contributed by atoms with van der Waals surface area (Å²) < 4.78 is 5.31. The molecular formula is C18H29N5O2. The van der Waals surface area contributed by atoms with Crippen molar-refractivity contribution in [2.24, 2.45) is 11.3 Å². The van der Waals surface area contributed by atoms with E-state index in [-0.39, 0.29) is 17.4 Å². The summed E-state index contributed by atoms with van der Waals surface area (Å²) >= 11 is 0. The fourth-order valence-electron chi connectivity index (χ4n) is 4.01. The molecule has 1 amide bonds. The van der Waals surface area contributed by atoms with Crippen LogP contribution in [0, 0.1) is 11.3 Å². The average molecular weight is 347 g/mol. The molecule has 1 aromatic rings. The predicted molar refractivity (Wildman–Crippen MR) is 97.1 cm³/mol. The van der Waals surface area contributed by atoms with E-state index in [9.17, 15) is 4.79 Å². The zero-order valence-electron chi connectivity index (χ0n) is 15.2. The molecule has 0 radical (unpaired) electrons. The lowest BCUT2D eigenvalue weighted by Gasteiger charge is -2.40. The molecule has 3 rings (SSSR count). The summed E-state index contributed by atoms with van der Waals surface area (Å²) in [6.07, 6.45) is 6.77. The van der Waals surface area contributed by atoms with E-state index in [1.54, 1.807) is 19.4 Å². The zero-order valence-corrected chi connectivity index (χ0v) is 15.2. The Bertz CT molecular complexity index is 605. The molecule has 7 nitrogen and oxygen atoms in total. The summed E-state index contributed by atoms with van der Waals surface area (Å²) in [5.41, 5.74) is 5.46. The van der Waals surface area contributed by atoms with Crippen LogP contribution in [-0.2, 0) is 9.53 Å². The molecule has 0 unspecified atom stereocenters. The Morgan fingerprint density at radius 2 is 2.28 bits per heavy atom. The Hall–Kier alpha value is -1.89. The van der Waals surface area contributed by atoms with E-state index >= 15 is 0 Å². The summed E-state index contributed by atoms with van der Waals surface area (Å²) in [6.45, 7) is 4.26. The minimum absolute atomic E-state index is 0.117. The second kappa shape index (κ2) is 7.56. The highest BCUT2D eigenvalue weighted by atomic mass is 16.5. The Morgan fingerprint density at radius 1 is 1.48 bits per heavy atom. The van der Waals surface area contributed by atoms with Crippen LogP contribution in [0.5, 0.6) is 0 Å². The molecular weight excluding hydrogens is 318 g/mol. The van der Waals surface area contributed by atoms with Gasteiger partial charge in [0.2, 0.25) is 11.9 Å². The number of nitrogens with zero attached hydrogens (tertiary/aromatic N) is 3. The lowest BCUT2D eigenvalue weighted by molar-refractivity contribution is -0.141. The highest BCUT2D eigenvalue weighted by molar-refractivity contribution is 5.84. The van der Waals surface area contributed by atoms with Crippen LogP contribution in [0.4, 0.5) is 11.8 Å². The van der Waals surface area contributed by atoms with Crippen molar-refractivity contribution in [3.8, 4) is 0 Å². The van der Waals surface area contributed by atoms with Crippen molar-refractivity contribution < 1.29 is 9.53 Å². The number of nitrogens with two attached hydrogens (primary N) is 1. The Balaban J connectivity index is 1.69. The van der Waals surface area contributed by atoms with E-state index in [2.05, 4.69) is 27.1 Å². The molecule has 0 bridgehead atoms. The van der Waals surface area contributed by atoms with Gasteiger partial charge in [0.05, 0.1) is 18.1 Å². The fourth-order valence-corrected chi connectivity index (χ4v) is 4.01. The molecule has 2 atom stereocenters. The number of anilines is 2. The van der Waals surface area contributed by atoms with Crippen LogP contribution in [0.15, 0.2) is 12.3 Å². The van der Waals surface area contributed by atoms with E-state index in [0.29, 0.717) is 24.3 Å². The molecule has 1 aliphatic carbocycles. The van der Waals surface area contributed by atoms with Gasteiger partial charge in [-0.3, -0.25) is 4.79 Å². The van der Waals surface area contributed by atoms with Gasteiger partial charge in [-0.15, -0.1) is 0 Å². The first-order valence-corrected chi connectivity index (χ1v) is 9.21. The number of ether oxygens (including phenoxy) is 1. The first-order valence-electron chi connectivity index (χ1n) is 9.21. The number of rotatable bonds is 7. The maximum Gasteiger partial charge on any atom is 0.228 e. The average Bonchev–Trinajstić information content (AvgIpc) is 2.94. The minimum Gasteiger partial charge on any atom is -0.384 e. The summed E-state index contributed by atoms with van der Waals surface area (Å²) in [5, 5.41) is 3.31. The van der Waals surface area contributed by atoms with Gasteiger partial charge in [-0.05, 0) is 31.2 Å². The standard InChI is InChI=1S/C18H29N5O2/c1-3-5-13-10-23(17-20-9-6-15(19)22-17)11-14(13)21-16(24)18(12-25-2)7-4-8-18/h6,9,13-14H,3-5,7-8,10-12H2,1-2H3,(H,21,24)(H2,19,20,22)/t13-,14-/m0/s1. The lowest BCUT2D eigenvalue weighted by atomic mass is 9.68. The van der Waals surface area contributed by atoms with Crippen LogP contribution < -0.4 is 16.0 Å². The van der Waals surface area contributed by atoms with Crippen LogP contribution in [0.2, 0.25) is 0 Å². The van der Waals surface area contributed by atoms with E-state index < -0.39 is 0 Å². The Labute approximate surface area is 149 Å². The monoisotopic (exact) mass is 347 g/mol. The molecule has 0 aromatic carbocycles. The summed E-state index contributed by atoms with van der Waals surface area (Å²) in [4.78, 5) is 23.7. The maximum absolute atomic E-state index is 12.9. The first kappa shape index (κ1) is 17.9. The Morgan fingerprint density at radius 3 is 2.88 bits per heavy atom. The fraction of sp³-hybridized carbons (Fsp3) is 0.722. The molecule has 3 N–H and O–H groups in total. The molecule has 25 heavy (non-hydrogen) atoms. The largest absolute Gasteiger partial charge is 0.384 e. The maximum atomic E-state index is 12.9. The van der Waals surface area contributed by atoms with Crippen molar-refractivity contribution in [2.75, 3.05) is 37.4 Å². The molecule has 2 fully saturated rings. The second-order valence-electron chi connectivity index (χ2n) is 7.38. The first-order chi connectivity index (χ1) is 12.1. The number of methoxy groups -OCH3 is 1. The van der Waals surface area contributed by atoms with Crippen LogP contribution in [0.1, 0.15) is 39.0 Å². The quantitative estimate of drug-likeness (QED) is 0.778. The van der Waals surface area contributed by atoms with Crippen LogP contribution in [0.3, 0.4) is 0 Å². The van der Waals surface area contributed by atoms with E-state index in [1.807, 2.05) is 0 Å². The van der Waals surface area contributed by atoms with Gasteiger partial charge in [0.15, 0.2) is 0 Å². The summed E-state index contributed by atoms with van der Waals surface area (Å²) in [5.74, 6) is 1.66. The van der Waals surface area contributed by atoms with Crippen molar-refractivity contribution in [1.82, 2.24) is 15.3 Å². The van der Waals surface area contributed by atoms with Gasteiger partial charge in [0.25, 0.3) is 0 Å². The predicted octanol–water partition coefficient (Wildman–Crippen LogP) is 1.60.